The van der Waals surface area contributed by atoms with Crippen LogP contribution < -0.4 is 0 Å². The molecule has 0 spiro atoms. The van der Waals surface area contributed by atoms with E-state index in [0.717, 1.165) is 5.57 Å². The summed E-state index contributed by atoms with van der Waals surface area (Å²) < 4.78 is 11.0. The Labute approximate surface area is 153 Å². The molecule has 1 fully saturated rings. The molecule has 1 saturated heterocycles. The molecule has 4 unspecified atom stereocenters. The molecule has 0 aromatic heterocycles. The fraction of sp³-hybridized carbons (Fsp3) is 0.550. The Morgan fingerprint density at radius 1 is 1.42 bits per heavy atom. The van der Waals surface area contributed by atoms with Gasteiger partial charge in [-0.25, -0.2) is 9.59 Å². The minimum atomic E-state index is -1.68. The lowest BCUT2D eigenvalue weighted by atomic mass is 9.80. The maximum atomic E-state index is 12.4. The molecule has 1 aliphatic carbocycles. The first-order chi connectivity index (χ1) is 12.1. The standard InChI is InChI=1S/C20H26O6/c1-6-12(3)18(22)26-15-10-20(5,24)16(21)8-7-11(2)9-14-17(15)13(4)19(23)25-14/h6,9,14-15,17,24H,4,7-8,10H2,1-3,5H3. The van der Waals surface area contributed by atoms with E-state index >= 15 is 0 Å². The molecule has 142 valence electrons. The average Bonchev–Trinajstić information content (AvgIpc) is 2.84. The first-order valence-electron chi connectivity index (χ1n) is 8.73. The highest BCUT2D eigenvalue weighted by atomic mass is 16.6. The van der Waals surface area contributed by atoms with Gasteiger partial charge in [-0.15, -0.1) is 0 Å². The number of rotatable bonds is 2. The summed E-state index contributed by atoms with van der Waals surface area (Å²) in [5.74, 6) is -2.10. The number of carbonyl (C=O) groups is 3. The second-order valence-electron chi connectivity index (χ2n) is 7.25. The molecular weight excluding hydrogens is 336 g/mol. The number of aliphatic hydroxyl groups is 1. The van der Waals surface area contributed by atoms with Crippen LogP contribution in [0.4, 0.5) is 0 Å². The van der Waals surface area contributed by atoms with E-state index in [1.165, 1.54) is 6.92 Å². The SMILES string of the molecule is C=C1C(=O)OC2C=C(C)CCC(=O)C(C)(O)CC(OC(=O)C(C)=CC)C12. The van der Waals surface area contributed by atoms with Gasteiger partial charge in [0.25, 0.3) is 0 Å². The summed E-state index contributed by atoms with van der Waals surface area (Å²) in [7, 11) is 0. The molecule has 1 heterocycles. The van der Waals surface area contributed by atoms with E-state index in [1.54, 1.807) is 26.0 Å². The highest BCUT2D eigenvalue weighted by Gasteiger charge is 2.48. The quantitative estimate of drug-likeness (QED) is 0.461. The van der Waals surface area contributed by atoms with Gasteiger partial charge in [0.1, 0.15) is 17.8 Å². The Morgan fingerprint density at radius 2 is 2.08 bits per heavy atom. The smallest absolute Gasteiger partial charge is 0.334 e. The molecule has 6 nitrogen and oxygen atoms in total. The van der Waals surface area contributed by atoms with E-state index in [-0.39, 0.29) is 24.2 Å². The van der Waals surface area contributed by atoms with E-state index in [1.807, 2.05) is 6.92 Å². The van der Waals surface area contributed by atoms with Gasteiger partial charge in [0.05, 0.1) is 5.92 Å². The van der Waals surface area contributed by atoms with E-state index in [0.29, 0.717) is 12.0 Å². The molecule has 0 bridgehead atoms. The van der Waals surface area contributed by atoms with Crippen LogP contribution in [0.5, 0.6) is 0 Å². The van der Waals surface area contributed by atoms with Gasteiger partial charge in [-0.1, -0.05) is 18.2 Å². The second kappa shape index (κ2) is 7.58. The van der Waals surface area contributed by atoms with Crippen molar-refractivity contribution in [3.8, 4) is 0 Å². The van der Waals surface area contributed by atoms with Crippen molar-refractivity contribution < 1.29 is 29.0 Å². The molecule has 1 N–H and O–H groups in total. The Kier molecular flexibility index (Phi) is 5.86. The Bertz CT molecular complexity index is 697. The van der Waals surface area contributed by atoms with E-state index in [4.69, 9.17) is 9.47 Å². The van der Waals surface area contributed by atoms with Gasteiger partial charge in [-0.05, 0) is 40.2 Å². The van der Waals surface area contributed by atoms with Gasteiger partial charge >= 0.3 is 11.9 Å². The van der Waals surface area contributed by atoms with Gasteiger partial charge in [0, 0.05) is 24.0 Å². The van der Waals surface area contributed by atoms with Crippen molar-refractivity contribution in [2.24, 2.45) is 5.92 Å². The number of Topliss-reactive ketones (excluding diaryl/α,β-unsaturated/α-hetero) is 1. The predicted octanol–water partition coefficient (Wildman–Crippen LogP) is 2.41. The first-order valence-corrected chi connectivity index (χ1v) is 8.73. The number of carbonyl (C=O) groups excluding carboxylic acids is 3. The molecular formula is C20H26O6. The summed E-state index contributed by atoms with van der Waals surface area (Å²) in [5, 5.41) is 10.7. The Hall–Kier alpha value is -2.21. The summed E-state index contributed by atoms with van der Waals surface area (Å²) in [5.41, 5.74) is -0.239. The van der Waals surface area contributed by atoms with Crippen LogP contribution in [0, 0.1) is 5.92 Å². The summed E-state index contributed by atoms with van der Waals surface area (Å²) in [6, 6.07) is 0. The van der Waals surface area contributed by atoms with Crippen LogP contribution in [0.3, 0.4) is 0 Å². The number of allylic oxidation sites excluding steroid dienone is 2. The highest BCUT2D eigenvalue weighted by Crippen LogP contribution is 2.37. The van der Waals surface area contributed by atoms with Crippen molar-refractivity contribution in [3.63, 3.8) is 0 Å². The zero-order valence-electron chi connectivity index (χ0n) is 15.7. The Balaban J connectivity index is 2.47. The topological polar surface area (TPSA) is 89.9 Å². The minimum absolute atomic E-state index is 0.127. The molecule has 0 aromatic rings. The molecule has 0 aromatic carbocycles. The lowest BCUT2D eigenvalue weighted by molar-refractivity contribution is -0.155. The van der Waals surface area contributed by atoms with Gasteiger partial charge in [-0.3, -0.25) is 4.79 Å². The normalized spacial score (nSPS) is 33.3. The molecule has 6 heteroatoms. The Morgan fingerprint density at radius 3 is 2.69 bits per heavy atom. The predicted molar refractivity (Wildman–Crippen MR) is 95.1 cm³/mol. The highest BCUT2D eigenvalue weighted by molar-refractivity contribution is 5.92. The maximum Gasteiger partial charge on any atom is 0.334 e. The number of hydrogen-bond acceptors (Lipinski definition) is 6. The van der Waals surface area contributed by atoms with Crippen molar-refractivity contribution in [2.45, 2.75) is 64.8 Å². The summed E-state index contributed by atoms with van der Waals surface area (Å²) >= 11 is 0. The molecule has 0 radical (unpaired) electrons. The van der Waals surface area contributed by atoms with Crippen LogP contribution in [0.25, 0.3) is 0 Å². The zero-order chi connectivity index (χ0) is 19.6. The van der Waals surface area contributed by atoms with Crippen molar-refractivity contribution in [1.29, 1.82) is 0 Å². The van der Waals surface area contributed by atoms with Gasteiger partial charge in [0.2, 0.25) is 0 Å². The zero-order valence-corrected chi connectivity index (χ0v) is 15.7. The third-order valence-electron chi connectivity index (χ3n) is 5.07. The van der Waals surface area contributed by atoms with Crippen molar-refractivity contribution >= 4 is 17.7 Å². The molecule has 4 atom stereocenters. The maximum absolute atomic E-state index is 12.4. The van der Waals surface area contributed by atoms with Gasteiger partial charge < -0.3 is 14.6 Å². The van der Waals surface area contributed by atoms with E-state index < -0.39 is 35.7 Å². The van der Waals surface area contributed by atoms with Crippen molar-refractivity contribution in [3.05, 3.63) is 35.5 Å². The van der Waals surface area contributed by atoms with Crippen LogP contribution in [0.15, 0.2) is 35.5 Å². The third-order valence-corrected chi connectivity index (χ3v) is 5.07. The fourth-order valence-corrected chi connectivity index (χ4v) is 3.22. The largest absolute Gasteiger partial charge is 0.458 e. The summed E-state index contributed by atoms with van der Waals surface area (Å²) in [6.45, 7) is 10.3. The number of hydrogen-bond donors (Lipinski definition) is 1. The lowest BCUT2D eigenvalue weighted by Crippen LogP contribution is -2.44. The molecule has 2 rings (SSSR count). The van der Waals surface area contributed by atoms with Crippen molar-refractivity contribution in [2.75, 3.05) is 0 Å². The number of ether oxygens (including phenoxy) is 2. The second-order valence-corrected chi connectivity index (χ2v) is 7.25. The third kappa shape index (κ3) is 4.12. The van der Waals surface area contributed by atoms with Crippen molar-refractivity contribution in [1.82, 2.24) is 0 Å². The van der Waals surface area contributed by atoms with Gasteiger partial charge in [-0.2, -0.15) is 0 Å². The van der Waals surface area contributed by atoms with E-state index in [9.17, 15) is 19.5 Å². The number of ketones is 1. The molecule has 26 heavy (non-hydrogen) atoms. The number of esters is 2. The monoisotopic (exact) mass is 362 g/mol. The molecule has 0 amide bonds. The molecule has 0 saturated carbocycles. The lowest BCUT2D eigenvalue weighted by Gasteiger charge is -2.32. The summed E-state index contributed by atoms with van der Waals surface area (Å²) in [6.07, 6.45) is 2.33. The minimum Gasteiger partial charge on any atom is -0.458 e. The molecule has 1 aliphatic heterocycles. The first kappa shape index (κ1) is 20.1. The van der Waals surface area contributed by atoms with Gasteiger partial charge in [0.15, 0.2) is 5.78 Å². The van der Waals surface area contributed by atoms with Crippen LogP contribution in [0.2, 0.25) is 0 Å². The van der Waals surface area contributed by atoms with Crippen LogP contribution in [-0.4, -0.2) is 40.6 Å². The fourth-order valence-electron chi connectivity index (χ4n) is 3.22. The van der Waals surface area contributed by atoms with Crippen LogP contribution >= 0.6 is 0 Å². The molecule has 2 aliphatic rings. The van der Waals surface area contributed by atoms with Crippen LogP contribution in [0.1, 0.15) is 47.0 Å². The number of fused-ring (bicyclic) bond motifs is 1. The van der Waals surface area contributed by atoms with Crippen LogP contribution in [-0.2, 0) is 23.9 Å². The van der Waals surface area contributed by atoms with E-state index in [2.05, 4.69) is 6.58 Å². The summed E-state index contributed by atoms with van der Waals surface area (Å²) in [4.78, 5) is 36.8. The average molecular weight is 362 g/mol.